The lowest BCUT2D eigenvalue weighted by Crippen LogP contribution is -2.49. The van der Waals surface area contributed by atoms with Crippen LogP contribution in [-0.2, 0) is 10.2 Å². The molecule has 1 aliphatic rings. The maximum Gasteiger partial charge on any atom is 0.280 e. The second-order valence-electron chi connectivity index (χ2n) is 4.50. The Labute approximate surface area is 97.6 Å². The second-order valence-corrected chi connectivity index (χ2v) is 6.21. The highest BCUT2D eigenvalue weighted by Crippen LogP contribution is 2.19. The molecule has 1 rings (SSSR count). The average molecular weight is 245 g/mol. The molecule has 0 aromatic heterocycles. The van der Waals surface area contributed by atoms with Gasteiger partial charge in [-0.25, -0.2) is 4.72 Å². The number of nitrogens with zero attached hydrogens (tertiary/aromatic N) is 2. The van der Waals surface area contributed by atoms with E-state index < -0.39 is 16.3 Å². The van der Waals surface area contributed by atoms with Crippen molar-refractivity contribution in [2.45, 2.75) is 39.2 Å². The molecule has 1 N–H and O–H groups in total. The molecule has 0 aromatic rings. The highest BCUT2D eigenvalue weighted by molar-refractivity contribution is 7.87. The van der Waals surface area contributed by atoms with Gasteiger partial charge < -0.3 is 0 Å². The van der Waals surface area contributed by atoms with Crippen molar-refractivity contribution in [2.75, 3.05) is 13.1 Å². The van der Waals surface area contributed by atoms with Crippen LogP contribution in [0.25, 0.3) is 0 Å². The molecule has 0 aromatic carbocycles. The van der Waals surface area contributed by atoms with E-state index in [4.69, 9.17) is 5.26 Å². The van der Waals surface area contributed by atoms with Crippen molar-refractivity contribution in [1.82, 2.24) is 9.03 Å². The van der Waals surface area contributed by atoms with Gasteiger partial charge in [-0.15, -0.1) is 0 Å². The van der Waals surface area contributed by atoms with Crippen molar-refractivity contribution in [1.29, 1.82) is 5.26 Å². The summed E-state index contributed by atoms with van der Waals surface area (Å²) < 4.78 is 27.7. The minimum absolute atomic E-state index is 0.264. The third kappa shape index (κ3) is 3.44. The normalized spacial score (nSPS) is 23.2. The first kappa shape index (κ1) is 13.4. The summed E-state index contributed by atoms with van der Waals surface area (Å²) in [5.74, 6) is 0.264. The molecule has 0 saturated carbocycles. The van der Waals surface area contributed by atoms with E-state index in [1.54, 1.807) is 0 Å². The molecule has 92 valence electrons. The molecule has 1 fully saturated rings. The van der Waals surface area contributed by atoms with Crippen LogP contribution in [0, 0.1) is 17.2 Å². The van der Waals surface area contributed by atoms with Gasteiger partial charge in [0.1, 0.15) is 6.04 Å². The molecule has 1 unspecified atom stereocenters. The zero-order valence-corrected chi connectivity index (χ0v) is 10.6. The van der Waals surface area contributed by atoms with Crippen molar-refractivity contribution in [3.63, 3.8) is 0 Å². The number of nitriles is 1. The fourth-order valence-corrected chi connectivity index (χ4v) is 3.24. The SMILES string of the molecule is CC(C)CNS(=O)(=O)N1CCCCC1C#N. The Morgan fingerprint density at radius 3 is 2.75 bits per heavy atom. The zero-order valence-electron chi connectivity index (χ0n) is 9.81. The second kappa shape index (κ2) is 5.62. The van der Waals surface area contributed by atoms with Gasteiger partial charge in [0, 0.05) is 13.1 Å². The standard InChI is InChI=1S/C10H19N3O2S/c1-9(2)8-12-16(14,15)13-6-4-3-5-10(13)7-11/h9-10,12H,3-6,8H2,1-2H3. The molecule has 5 nitrogen and oxygen atoms in total. The molecule has 1 heterocycles. The van der Waals surface area contributed by atoms with Crippen LogP contribution < -0.4 is 4.72 Å². The Hall–Kier alpha value is -0.640. The third-order valence-electron chi connectivity index (χ3n) is 2.59. The van der Waals surface area contributed by atoms with Crippen molar-refractivity contribution in [3.05, 3.63) is 0 Å². The van der Waals surface area contributed by atoms with Gasteiger partial charge in [0.25, 0.3) is 10.2 Å². The van der Waals surface area contributed by atoms with Crippen LogP contribution in [0.4, 0.5) is 0 Å². The molecule has 0 amide bonds. The van der Waals surface area contributed by atoms with Gasteiger partial charge in [-0.05, 0) is 25.2 Å². The topological polar surface area (TPSA) is 73.2 Å². The van der Waals surface area contributed by atoms with E-state index in [1.165, 1.54) is 4.31 Å². The first-order valence-corrected chi connectivity index (χ1v) is 7.07. The van der Waals surface area contributed by atoms with E-state index in [2.05, 4.69) is 10.8 Å². The summed E-state index contributed by atoms with van der Waals surface area (Å²) in [7, 11) is -3.48. The Morgan fingerprint density at radius 2 is 2.19 bits per heavy atom. The minimum atomic E-state index is -3.48. The van der Waals surface area contributed by atoms with Crippen LogP contribution in [0.15, 0.2) is 0 Å². The molecule has 16 heavy (non-hydrogen) atoms. The molecule has 0 spiro atoms. The zero-order chi connectivity index (χ0) is 12.2. The first-order chi connectivity index (χ1) is 7.47. The van der Waals surface area contributed by atoms with Crippen molar-refractivity contribution >= 4 is 10.2 Å². The van der Waals surface area contributed by atoms with Gasteiger partial charge in [-0.1, -0.05) is 13.8 Å². The fraction of sp³-hybridized carbons (Fsp3) is 0.900. The first-order valence-electron chi connectivity index (χ1n) is 5.63. The molecule has 0 radical (unpaired) electrons. The summed E-state index contributed by atoms with van der Waals surface area (Å²) >= 11 is 0. The van der Waals surface area contributed by atoms with Crippen molar-refractivity contribution < 1.29 is 8.42 Å². The molecular weight excluding hydrogens is 226 g/mol. The Kier molecular flexibility index (Phi) is 4.71. The molecule has 1 atom stereocenters. The van der Waals surface area contributed by atoms with E-state index in [-0.39, 0.29) is 5.92 Å². The quantitative estimate of drug-likeness (QED) is 0.798. The van der Waals surface area contributed by atoms with E-state index in [9.17, 15) is 8.42 Å². The number of rotatable bonds is 4. The fourth-order valence-electron chi connectivity index (χ4n) is 1.68. The van der Waals surface area contributed by atoms with E-state index >= 15 is 0 Å². The van der Waals surface area contributed by atoms with Crippen LogP contribution in [0.5, 0.6) is 0 Å². The average Bonchev–Trinajstić information content (AvgIpc) is 2.26. The summed E-state index contributed by atoms with van der Waals surface area (Å²) in [5, 5.41) is 8.92. The highest BCUT2D eigenvalue weighted by atomic mass is 32.2. The molecule has 6 heteroatoms. The largest absolute Gasteiger partial charge is 0.280 e. The number of nitrogens with one attached hydrogen (secondary N) is 1. The number of hydrogen-bond donors (Lipinski definition) is 1. The van der Waals surface area contributed by atoms with Gasteiger partial charge in [0.2, 0.25) is 0 Å². The molecule has 1 aliphatic heterocycles. The lowest BCUT2D eigenvalue weighted by Gasteiger charge is -2.30. The van der Waals surface area contributed by atoms with Crippen molar-refractivity contribution in [3.8, 4) is 6.07 Å². The van der Waals surface area contributed by atoms with Gasteiger partial charge >= 0.3 is 0 Å². The van der Waals surface area contributed by atoms with Gasteiger partial charge in [0.15, 0.2) is 0 Å². The van der Waals surface area contributed by atoms with Crippen LogP contribution in [0.1, 0.15) is 33.1 Å². The monoisotopic (exact) mass is 245 g/mol. The lowest BCUT2D eigenvalue weighted by atomic mass is 10.1. The maximum atomic E-state index is 11.9. The summed E-state index contributed by atoms with van der Waals surface area (Å²) in [4.78, 5) is 0. The smallest absolute Gasteiger partial charge is 0.202 e. The van der Waals surface area contributed by atoms with Crippen LogP contribution in [0.2, 0.25) is 0 Å². The van der Waals surface area contributed by atoms with E-state index in [0.29, 0.717) is 19.5 Å². The molecular formula is C10H19N3O2S. The molecule has 0 bridgehead atoms. The van der Waals surface area contributed by atoms with Crippen LogP contribution in [-0.4, -0.2) is 31.9 Å². The molecule has 1 saturated heterocycles. The highest BCUT2D eigenvalue weighted by Gasteiger charge is 2.31. The van der Waals surface area contributed by atoms with Crippen molar-refractivity contribution in [2.24, 2.45) is 5.92 Å². The summed E-state index contributed by atoms with van der Waals surface area (Å²) in [5.41, 5.74) is 0. The Bertz CT molecular complexity index is 359. The Morgan fingerprint density at radius 1 is 1.50 bits per heavy atom. The third-order valence-corrected chi connectivity index (χ3v) is 4.17. The van der Waals surface area contributed by atoms with Crippen LogP contribution >= 0.6 is 0 Å². The lowest BCUT2D eigenvalue weighted by molar-refractivity contribution is 0.292. The molecule has 0 aliphatic carbocycles. The summed E-state index contributed by atoms with van der Waals surface area (Å²) in [6.07, 6.45) is 2.40. The number of piperidine rings is 1. The predicted octanol–water partition coefficient (Wildman–Crippen LogP) is 0.855. The summed E-state index contributed by atoms with van der Waals surface area (Å²) in [6, 6.07) is 1.55. The van der Waals surface area contributed by atoms with Gasteiger partial charge in [0.05, 0.1) is 6.07 Å². The van der Waals surface area contributed by atoms with Gasteiger partial charge in [-0.3, -0.25) is 0 Å². The minimum Gasteiger partial charge on any atom is -0.202 e. The van der Waals surface area contributed by atoms with Crippen LogP contribution in [0.3, 0.4) is 0 Å². The summed E-state index contributed by atoms with van der Waals surface area (Å²) in [6.45, 7) is 4.75. The van der Waals surface area contributed by atoms with E-state index in [1.807, 2.05) is 13.8 Å². The number of hydrogen-bond acceptors (Lipinski definition) is 3. The predicted molar refractivity (Wildman–Crippen MR) is 61.7 cm³/mol. The van der Waals surface area contributed by atoms with Gasteiger partial charge in [-0.2, -0.15) is 18.0 Å². The maximum absolute atomic E-state index is 11.9. The van der Waals surface area contributed by atoms with E-state index in [0.717, 1.165) is 12.8 Å². The Balaban J connectivity index is 2.69.